The second-order valence-corrected chi connectivity index (χ2v) is 7.07. The minimum Gasteiger partial charge on any atom is -0.382 e. The Balaban J connectivity index is 2.12. The van der Waals surface area contributed by atoms with Crippen molar-refractivity contribution in [2.75, 3.05) is 53.4 Å². The summed E-state index contributed by atoms with van der Waals surface area (Å²) in [6.45, 7) is 6.43. The molecular weight excluding hydrogens is 348 g/mol. The van der Waals surface area contributed by atoms with Gasteiger partial charge in [-0.25, -0.2) is 0 Å². The molecule has 0 aliphatic heterocycles. The van der Waals surface area contributed by atoms with Gasteiger partial charge >= 0.3 is 0 Å². The van der Waals surface area contributed by atoms with Crippen LogP contribution >= 0.6 is 0 Å². The lowest BCUT2D eigenvalue weighted by molar-refractivity contribution is -0.0214. The van der Waals surface area contributed by atoms with Crippen LogP contribution in [0.5, 0.6) is 0 Å². The van der Waals surface area contributed by atoms with Crippen molar-refractivity contribution >= 4 is 10.1 Å². The van der Waals surface area contributed by atoms with E-state index in [1.165, 1.54) is 12.1 Å². The molecule has 0 saturated carbocycles. The van der Waals surface area contributed by atoms with Gasteiger partial charge < -0.3 is 18.9 Å². The molecule has 1 rings (SSSR count). The molecule has 1 aromatic carbocycles. The highest BCUT2D eigenvalue weighted by molar-refractivity contribution is 7.86. The molecule has 0 N–H and O–H groups in total. The molecule has 144 valence electrons. The summed E-state index contributed by atoms with van der Waals surface area (Å²) in [6, 6.07) is 6.51. The lowest BCUT2D eigenvalue weighted by atomic mass is 10.2. The first-order chi connectivity index (χ1) is 12.0. The van der Waals surface area contributed by atoms with Gasteiger partial charge in [-0.3, -0.25) is 4.18 Å². The summed E-state index contributed by atoms with van der Waals surface area (Å²) in [5.41, 5.74) is 0.986. The van der Waals surface area contributed by atoms with Crippen LogP contribution in [0.1, 0.15) is 12.5 Å². The molecule has 1 unspecified atom stereocenters. The number of rotatable bonds is 14. The van der Waals surface area contributed by atoms with Gasteiger partial charge in [-0.2, -0.15) is 8.42 Å². The number of benzene rings is 1. The van der Waals surface area contributed by atoms with Crippen molar-refractivity contribution in [2.45, 2.75) is 24.8 Å². The molecule has 1 atom stereocenters. The Hall–Kier alpha value is -1.03. The second-order valence-electron chi connectivity index (χ2n) is 5.45. The van der Waals surface area contributed by atoms with E-state index >= 15 is 0 Å². The van der Waals surface area contributed by atoms with Crippen molar-refractivity contribution in [3.05, 3.63) is 29.8 Å². The van der Waals surface area contributed by atoms with E-state index in [1.54, 1.807) is 26.2 Å². The van der Waals surface area contributed by atoms with Crippen molar-refractivity contribution in [1.82, 2.24) is 0 Å². The van der Waals surface area contributed by atoms with E-state index in [1.807, 2.05) is 6.92 Å². The zero-order valence-electron chi connectivity index (χ0n) is 15.1. The highest BCUT2D eigenvalue weighted by atomic mass is 32.2. The first-order valence-electron chi connectivity index (χ1n) is 8.18. The van der Waals surface area contributed by atoms with Crippen molar-refractivity contribution in [3.63, 3.8) is 0 Å². The van der Waals surface area contributed by atoms with Gasteiger partial charge in [0.2, 0.25) is 0 Å². The van der Waals surface area contributed by atoms with Crippen LogP contribution in [-0.4, -0.2) is 67.9 Å². The molecule has 8 heteroatoms. The summed E-state index contributed by atoms with van der Waals surface area (Å²) in [4.78, 5) is 0.141. The third-order valence-electron chi connectivity index (χ3n) is 3.20. The molecule has 25 heavy (non-hydrogen) atoms. The van der Waals surface area contributed by atoms with Crippen LogP contribution in [-0.2, 0) is 33.2 Å². The van der Waals surface area contributed by atoms with Crippen LogP contribution in [0.25, 0.3) is 0 Å². The maximum absolute atomic E-state index is 12.0. The fourth-order valence-electron chi connectivity index (χ4n) is 1.78. The van der Waals surface area contributed by atoms with E-state index in [-0.39, 0.29) is 17.6 Å². The maximum atomic E-state index is 12.0. The Morgan fingerprint density at radius 3 is 2.08 bits per heavy atom. The fourth-order valence-corrected chi connectivity index (χ4v) is 2.76. The zero-order valence-corrected chi connectivity index (χ0v) is 15.9. The normalized spacial score (nSPS) is 13.1. The SMILES string of the molecule is COCCOCCOCCOC(C)COS(=O)(=O)c1ccc(C)cc1. The van der Waals surface area contributed by atoms with Crippen LogP contribution in [0, 0.1) is 6.92 Å². The van der Waals surface area contributed by atoms with E-state index in [0.717, 1.165) is 5.56 Å². The molecule has 0 aromatic heterocycles. The molecule has 0 bridgehead atoms. The van der Waals surface area contributed by atoms with Gasteiger partial charge in [0.1, 0.15) is 0 Å². The molecular formula is C17H28O7S. The fraction of sp³-hybridized carbons (Fsp3) is 0.647. The summed E-state index contributed by atoms with van der Waals surface area (Å²) >= 11 is 0. The van der Waals surface area contributed by atoms with Gasteiger partial charge in [-0.15, -0.1) is 0 Å². The molecule has 0 fully saturated rings. The topological polar surface area (TPSA) is 80.3 Å². The van der Waals surface area contributed by atoms with Crippen molar-refractivity contribution in [3.8, 4) is 0 Å². The maximum Gasteiger partial charge on any atom is 0.297 e. The van der Waals surface area contributed by atoms with Crippen molar-refractivity contribution in [2.24, 2.45) is 0 Å². The molecule has 0 heterocycles. The van der Waals surface area contributed by atoms with Gasteiger partial charge in [0.25, 0.3) is 10.1 Å². The molecule has 0 aliphatic rings. The van der Waals surface area contributed by atoms with Crippen molar-refractivity contribution < 1.29 is 31.5 Å². The van der Waals surface area contributed by atoms with Gasteiger partial charge in [-0.1, -0.05) is 17.7 Å². The summed E-state index contributed by atoms with van der Waals surface area (Å²) in [7, 11) is -2.14. The van der Waals surface area contributed by atoms with Crippen LogP contribution in [0.3, 0.4) is 0 Å². The van der Waals surface area contributed by atoms with Crippen molar-refractivity contribution in [1.29, 1.82) is 0 Å². The Morgan fingerprint density at radius 2 is 1.48 bits per heavy atom. The van der Waals surface area contributed by atoms with Crippen LogP contribution in [0.4, 0.5) is 0 Å². The predicted octanol–water partition coefficient (Wildman–Crippen LogP) is 1.79. The monoisotopic (exact) mass is 376 g/mol. The Kier molecular flexibility index (Phi) is 10.9. The predicted molar refractivity (Wildman–Crippen MR) is 93.2 cm³/mol. The highest BCUT2D eigenvalue weighted by Crippen LogP contribution is 2.13. The Labute approximate surface area is 150 Å². The Morgan fingerprint density at radius 1 is 0.920 bits per heavy atom. The summed E-state index contributed by atoms with van der Waals surface area (Å²) in [5, 5.41) is 0. The number of ether oxygens (including phenoxy) is 4. The Bertz CT molecular complexity index is 557. The molecule has 0 aliphatic carbocycles. The average Bonchev–Trinajstić information content (AvgIpc) is 2.59. The average molecular weight is 376 g/mol. The molecule has 0 saturated heterocycles. The third kappa shape index (κ3) is 9.88. The van der Waals surface area contributed by atoms with Crippen LogP contribution in [0.2, 0.25) is 0 Å². The molecule has 1 aromatic rings. The van der Waals surface area contributed by atoms with Gasteiger partial charge in [0, 0.05) is 7.11 Å². The van der Waals surface area contributed by atoms with Gasteiger partial charge in [-0.05, 0) is 26.0 Å². The molecule has 7 nitrogen and oxygen atoms in total. The number of aryl methyl sites for hydroxylation is 1. The quantitative estimate of drug-likeness (QED) is 0.362. The summed E-state index contributed by atoms with van der Waals surface area (Å²) in [6.07, 6.45) is -0.359. The van der Waals surface area contributed by atoms with E-state index in [0.29, 0.717) is 39.6 Å². The minimum absolute atomic E-state index is 0.0453. The lowest BCUT2D eigenvalue weighted by Crippen LogP contribution is -2.21. The summed E-state index contributed by atoms with van der Waals surface area (Å²) in [5.74, 6) is 0. The molecule has 0 radical (unpaired) electrons. The number of methoxy groups -OCH3 is 1. The largest absolute Gasteiger partial charge is 0.382 e. The number of hydrogen-bond donors (Lipinski definition) is 0. The first-order valence-corrected chi connectivity index (χ1v) is 9.58. The van der Waals surface area contributed by atoms with E-state index in [4.69, 9.17) is 23.1 Å². The molecule has 0 amide bonds. The third-order valence-corrected chi connectivity index (χ3v) is 4.50. The summed E-state index contributed by atoms with van der Waals surface area (Å²) < 4.78 is 50.0. The standard InChI is InChI=1S/C17H28O7S/c1-15-4-6-17(7-5-15)25(18,19)24-14-16(2)23-13-12-22-11-10-21-9-8-20-3/h4-7,16H,8-14H2,1-3H3. The first kappa shape index (κ1) is 22.0. The van der Waals surface area contributed by atoms with Crippen LogP contribution < -0.4 is 0 Å². The van der Waals surface area contributed by atoms with Gasteiger partial charge in [0.05, 0.1) is 57.2 Å². The number of hydrogen-bond acceptors (Lipinski definition) is 7. The van der Waals surface area contributed by atoms with E-state index in [2.05, 4.69) is 0 Å². The van der Waals surface area contributed by atoms with E-state index in [9.17, 15) is 8.42 Å². The lowest BCUT2D eigenvalue weighted by Gasteiger charge is -2.14. The van der Waals surface area contributed by atoms with Crippen LogP contribution in [0.15, 0.2) is 29.2 Å². The molecule has 0 spiro atoms. The van der Waals surface area contributed by atoms with Gasteiger partial charge in [0.15, 0.2) is 0 Å². The highest BCUT2D eigenvalue weighted by Gasteiger charge is 2.16. The van der Waals surface area contributed by atoms with E-state index < -0.39 is 10.1 Å². The second kappa shape index (κ2) is 12.3. The smallest absolute Gasteiger partial charge is 0.297 e. The minimum atomic E-state index is -3.76. The zero-order chi connectivity index (χ0) is 18.5.